The smallest absolute Gasteiger partial charge is 0.170 e. The molecule has 0 aliphatic heterocycles. The van der Waals surface area contributed by atoms with Crippen molar-refractivity contribution in [2.24, 2.45) is 0 Å². The predicted octanol–water partition coefficient (Wildman–Crippen LogP) is 4.52. The zero-order valence-corrected chi connectivity index (χ0v) is 11.6. The minimum atomic E-state index is -0.478. The summed E-state index contributed by atoms with van der Waals surface area (Å²) in [6.07, 6.45) is 0.110. The number of rotatable bonds is 3. The molecule has 2 aromatic rings. The minimum absolute atomic E-state index is 0.110. The summed E-state index contributed by atoms with van der Waals surface area (Å²) in [5, 5.41) is 0.542. The lowest BCUT2D eigenvalue weighted by Crippen LogP contribution is -2.07. The molecule has 0 spiro atoms. The molecule has 0 aromatic heterocycles. The maximum Gasteiger partial charge on any atom is 0.170 e. The third kappa shape index (κ3) is 3.21. The van der Waals surface area contributed by atoms with Gasteiger partial charge in [-0.25, -0.2) is 4.39 Å². The summed E-state index contributed by atoms with van der Waals surface area (Å²) in [4.78, 5) is 12.1. The Morgan fingerprint density at radius 2 is 1.74 bits per heavy atom. The Morgan fingerprint density at radius 3 is 2.37 bits per heavy atom. The first kappa shape index (κ1) is 13.8. The molecule has 0 saturated heterocycles. The van der Waals surface area contributed by atoms with Crippen molar-refractivity contribution in [2.45, 2.75) is 20.3 Å². The Hall–Kier alpha value is -1.67. The normalized spacial score (nSPS) is 10.5. The highest BCUT2D eigenvalue weighted by Crippen LogP contribution is 2.20. The SMILES string of the molecule is Cc1ccc(C(=O)Cc2ccc(C)cc2Cl)c(F)c1. The second-order valence-corrected chi connectivity index (χ2v) is 5.09. The van der Waals surface area contributed by atoms with Crippen LogP contribution < -0.4 is 0 Å². The van der Waals surface area contributed by atoms with Gasteiger partial charge in [-0.3, -0.25) is 4.79 Å². The van der Waals surface area contributed by atoms with Gasteiger partial charge in [0.25, 0.3) is 0 Å². The van der Waals surface area contributed by atoms with E-state index in [1.165, 1.54) is 12.1 Å². The van der Waals surface area contributed by atoms with Crippen molar-refractivity contribution in [3.63, 3.8) is 0 Å². The van der Waals surface area contributed by atoms with Gasteiger partial charge in [0.15, 0.2) is 5.78 Å². The summed E-state index contributed by atoms with van der Waals surface area (Å²) < 4.78 is 13.7. The van der Waals surface area contributed by atoms with E-state index in [1.807, 2.05) is 19.1 Å². The number of carbonyl (C=O) groups excluding carboxylic acids is 1. The van der Waals surface area contributed by atoms with E-state index in [2.05, 4.69) is 0 Å². The van der Waals surface area contributed by atoms with Crippen LogP contribution >= 0.6 is 11.6 Å². The van der Waals surface area contributed by atoms with Crippen molar-refractivity contribution >= 4 is 17.4 Å². The molecule has 3 heteroatoms. The van der Waals surface area contributed by atoms with E-state index < -0.39 is 5.82 Å². The maximum absolute atomic E-state index is 13.7. The van der Waals surface area contributed by atoms with E-state index in [0.29, 0.717) is 5.02 Å². The number of hydrogen-bond acceptors (Lipinski definition) is 1. The van der Waals surface area contributed by atoms with E-state index in [4.69, 9.17) is 11.6 Å². The summed E-state index contributed by atoms with van der Waals surface area (Å²) in [6.45, 7) is 3.71. The van der Waals surface area contributed by atoms with Gasteiger partial charge < -0.3 is 0 Å². The van der Waals surface area contributed by atoms with Gasteiger partial charge in [0.1, 0.15) is 5.82 Å². The van der Waals surface area contributed by atoms with Gasteiger partial charge in [-0.05, 0) is 48.7 Å². The van der Waals surface area contributed by atoms with Crippen LogP contribution in [0.3, 0.4) is 0 Å². The van der Waals surface area contributed by atoms with Crippen LogP contribution in [-0.4, -0.2) is 5.78 Å². The summed E-state index contributed by atoms with van der Waals surface area (Å²) in [5.41, 5.74) is 2.66. The molecule has 0 aliphatic carbocycles. The molecule has 0 bridgehead atoms. The zero-order chi connectivity index (χ0) is 14.0. The summed E-state index contributed by atoms with van der Waals surface area (Å²) >= 11 is 6.08. The summed E-state index contributed by atoms with van der Waals surface area (Å²) in [6, 6.07) is 10.1. The Balaban J connectivity index is 2.25. The molecule has 0 N–H and O–H groups in total. The first-order valence-corrected chi connectivity index (χ1v) is 6.39. The summed E-state index contributed by atoms with van der Waals surface area (Å²) in [5.74, 6) is -0.739. The fraction of sp³-hybridized carbons (Fsp3) is 0.188. The number of hydrogen-bond donors (Lipinski definition) is 0. The lowest BCUT2D eigenvalue weighted by molar-refractivity contribution is 0.0989. The van der Waals surface area contributed by atoms with E-state index in [0.717, 1.165) is 16.7 Å². The van der Waals surface area contributed by atoms with Crippen molar-refractivity contribution in [1.29, 1.82) is 0 Å². The number of carbonyl (C=O) groups is 1. The molecule has 0 unspecified atom stereocenters. The molecule has 2 aromatic carbocycles. The number of Topliss-reactive ketones (excluding diaryl/α,β-unsaturated/α-hetero) is 1. The highest BCUT2D eigenvalue weighted by Gasteiger charge is 2.14. The minimum Gasteiger partial charge on any atom is -0.294 e. The van der Waals surface area contributed by atoms with Crippen LogP contribution in [0.2, 0.25) is 5.02 Å². The average molecular weight is 277 g/mol. The highest BCUT2D eigenvalue weighted by molar-refractivity contribution is 6.31. The van der Waals surface area contributed by atoms with E-state index in [9.17, 15) is 9.18 Å². The Morgan fingerprint density at radius 1 is 1.11 bits per heavy atom. The van der Waals surface area contributed by atoms with Crippen LogP contribution in [-0.2, 0) is 6.42 Å². The van der Waals surface area contributed by atoms with Crippen LogP contribution in [0.4, 0.5) is 4.39 Å². The second kappa shape index (κ2) is 5.54. The van der Waals surface area contributed by atoms with Crippen LogP contribution in [0.1, 0.15) is 27.0 Å². The molecule has 0 amide bonds. The van der Waals surface area contributed by atoms with Gasteiger partial charge in [-0.2, -0.15) is 0 Å². The average Bonchev–Trinajstić information content (AvgIpc) is 2.32. The molecule has 0 radical (unpaired) electrons. The number of aryl methyl sites for hydroxylation is 2. The predicted molar refractivity (Wildman–Crippen MR) is 75.4 cm³/mol. The van der Waals surface area contributed by atoms with E-state index in [1.54, 1.807) is 19.1 Å². The summed E-state index contributed by atoms with van der Waals surface area (Å²) in [7, 11) is 0. The highest BCUT2D eigenvalue weighted by atomic mass is 35.5. The molecule has 0 heterocycles. The van der Waals surface area contributed by atoms with Gasteiger partial charge in [-0.1, -0.05) is 29.8 Å². The fourth-order valence-corrected chi connectivity index (χ4v) is 2.21. The molecule has 19 heavy (non-hydrogen) atoms. The number of ketones is 1. The maximum atomic E-state index is 13.7. The van der Waals surface area contributed by atoms with Crippen LogP contribution in [0, 0.1) is 19.7 Å². The lowest BCUT2D eigenvalue weighted by atomic mass is 10.0. The molecule has 0 atom stereocenters. The first-order valence-electron chi connectivity index (χ1n) is 6.02. The van der Waals surface area contributed by atoms with Gasteiger partial charge in [0, 0.05) is 11.4 Å². The van der Waals surface area contributed by atoms with Crippen LogP contribution in [0.5, 0.6) is 0 Å². The second-order valence-electron chi connectivity index (χ2n) is 4.68. The molecule has 0 aliphatic rings. The van der Waals surface area contributed by atoms with Crippen molar-refractivity contribution in [3.05, 3.63) is 69.5 Å². The Labute approximate surface area is 117 Å². The van der Waals surface area contributed by atoms with Crippen LogP contribution in [0.25, 0.3) is 0 Å². The topological polar surface area (TPSA) is 17.1 Å². The Kier molecular flexibility index (Phi) is 4.01. The van der Waals surface area contributed by atoms with Crippen molar-refractivity contribution < 1.29 is 9.18 Å². The molecule has 2 rings (SSSR count). The zero-order valence-electron chi connectivity index (χ0n) is 10.8. The fourth-order valence-electron chi connectivity index (χ4n) is 1.91. The van der Waals surface area contributed by atoms with Gasteiger partial charge in [0.2, 0.25) is 0 Å². The van der Waals surface area contributed by atoms with E-state index >= 15 is 0 Å². The lowest BCUT2D eigenvalue weighted by Gasteiger charge is -2.06. The van der Waals surface area contributed by atoms with Crippen LogP contribution in [0.15, 0.2) is 36.4 Å². The molecule has 1 nitrogen and oxygen atoms in total. The Bertz CT molecular complexity index is 635. The standard InChI is InChI=1S/C16H14ClFO/c1-10-3-5-12(14(17)7-10)9-16(19)13-6-4-11(2)8-15(13)18/h3-8H,9H2,1-2H3. The molecule has 0 fully saturated rings. The van der Waals surface area contributed by atoms with Gasteiger partial charge >= 0.3 is 0 Å². The quantitative estimate of drug-likeness (QED) is 0.753. The van der Waals surface area contributed by atoms with Crippen molar-refractivity contribution in [3.8, 4) is 0 Å². The molecule has 98 valence electrons. The monoisotopic (exact) mass is 276 g/mol. The number of halogens is 2. The van der Waals surface area contributed by atoms with Gasteiger partial charge in [0.05, 0.1) is 5.56 Å². The van der Waals surface area contributed by atoms with Crippen molar-refractivity contribution in [2.75, 3.05) is 0 Å². The van der Waals surface area contributed by atoms with Crippen molar-refractivity contribution in [1.82, 2.24) is 0 Å². The first-order chi connectivity index (χ1) is 8.97. The third-order valence-electron chi connectivity index (χ3n) is 2.98. The third-order valence-corrected chi connectivity index (χ3v) is 3.34. The largest absolute Gasteiger partial charge is 0.294 e. The molecular weight excluding hydrogens is 263 g/mol. The molecular formula is C16H14ClFO. The van der Waals surface area contributed by atoms with E-state index in [-0.39, 0.29) is 17.8 Å². The number of benzene rings is 2. The molecule has 0 saturated carbocycles. The van der Waals surface area contributed by atoms with Gasteiger partial charge in [-0.15, -0.1) is 0 Å².